The third-order valence-corrected chi connectivity index (χ3v) is 5.94. The molecule has 1 N–H and O–H groups in total. The fourth-order valence-corrected chi connectivity index (χ4v) is 4.75. The molecule has 30 heavy (non-hydrogen) atoms. The lowest BCUT2D eigenvalue weighted by molar-refractivity contribution is 0.101. The topological polar surface area (TPSA) is 68.2 Å². The van der Waals surface area contributed by atoms with Crippen LogP contribution in [0, 0.1) is 11.8 Å². The third-order valence-electron chi connectivity index (χ3n) is 5.94. The number of carbonyl (C=O) groups excluding carboxylic acids is 1. The van der Waals surface area contributed by atoms with E-state index < -0.39 is 0 Å². The van der Waals surface area contributed by atoms with E-state index in [-0.39, 0.29) is 24.1 Å². The Balaban J connectivity index is 1.44. The Kier molecular flexibility index (Phi) is 4.66. The molecule has 0 aliphatic carbocycles. The monoisotopic (exact) mass is 407 g/mol. The highest BCUT2D eigenvalue weighted by atomic mass is 16.7. The summed E-state index contributed by atoms with van der Waals surface area (Å²) in [4.78, 5) is 15.3. The van der Waals surface area contributed by atoms with Crippen LogP contribution in [-0.4, -0.2) is 35.7 Å². The molecule has 2 atom stereocenters. The molecule has 6 nitrogen and oxygen atoms in total. The zero-order valence-electron chi connectivity index (χ0n) is 17.2. The van der Waals surface area contributed by atoms with Crippen molar-refractivity contribution in [2.75, 3.05) is 19.9 Å². The van der Waals surface area contributed by atoms with Gasteiger partial charge >= 0.3 is 0 Å². The van der Waals surface area contributed by atoms with Crippen molar-refractivity contribution in [3.63, 3.8) is 0 Å². The molecule has 0 unspecified atom stereocenters. The van der Waals surface area contributed by atoms with E-state index in [0.29, 0.717) is 46.8 Å². The summed E-state index contributed by atoms with van der Waals surface area (Å²) in [5.41, 5.74) is 1.96. The lowest BCUT2D eigenvalue weighted by atomic mass is 9.91. The number of Topliss-reactive ketones (excluding diaryl/α,β-unsaturated/α-hetero) is 1. The van der Waals surface area contributed by atoms with Crippen LogP contribution in [0.2, 0.25) is 0 Å². The maximum absolute atomic E-state index is 13.0. The Morgan fingerprint density at radius 3 is 2.67 bits per heavy atom. The number of ether oxygens (including phenoxy) is 3. The normalized spacial score (nSPS) is 24.2. The van der Waals surface area contributed by atoms with E-state index in [1.54, 1.807) is 18.2 Å². The van der Waals surface area contributed by atoms with E-state index >= 15 is 0 Å². The number of aromatic hydroxyl groups is 1. The smallest absolute Gasteiger partial charge is 0.231 e. The van der Waals surface area contributed by atoms with Crippen LogP contribution in [0.4, 0.5) is 0 Å². The van der Waals surface area contributed by atoms with Gasteiger partial charge in [-0.05, 0) is 54.2 Å². The fourth-order valence-electron chi connectivity index (χ4n) is 4.75. The highest BCUT2D eigenvalue weighted by Gasteiger charge is 2.33. The molecule has 3 aliphatic heterocycles. The van der Waals surface area contributed by atoms with Crippen molar-refractivity contribution >= 4 is 11.9 Å². The van der Waals surface area contributed by atoms with E-state index in [2.05, 4.69) is 18.7 Å². The average Bonchev–Trinajstić information content (AvgIpc) is 3.28. The summed E-state index contributed by atoms with van der Waals surface area (Å²) in [6.45, 7) is 7.22. The second-order valence-corrected chi connectivity index (χ2v) is 8.63. The van der Waals surface area contributed by atoms with E-state index in [0.717, 1.165) is 18.7 Å². The van der Waals surface area contributed by atoms with E-state index in [1.165, 1.54) is 6.42 Å². The Morgan fingerprint density at radius 1 is 1.10 bits per heavy atom. The quantitative estimate of drug-likeness (QED) is 0.769. The highest BCUT2D eigenvalue weighted by molar-refractivity contribution is 6.15. The molecule has 5 rings (SSSR count). The first kappa shape index (κ1) is 19.0. The number of hydrogen-bond acceptors (Lipinski definition) is 6. The van der Waals surface area contributed by atoms with Gasteiger partial charge in [-0.2, -0.15) is 0 Å². The Bertz CT molecular complexity index is 1030. The molecule has 3 heterocycles. The molecule has 0 bridgehead atoms. The van der Waals surface area contributed by atoms with Crippen molar-refractivity contribution < 1.29 is 24.1 Å². The summed E-state index contributed by atoms with van der Waals surface area (Å²) in [6.07, 6.45) is 2.92. The second-order valence-electron chi connectivity index (χ2n) is 8.63. The molecular formula is C24H25NO5. The van der Waals surface area contributed by atoms with Crippen molar-refractivity contribution in [2.24, 2.45) is 11.8 Å². The summed E-state index contributed by atoms with van der Waals surface area (Å²) in [6, 6.07) is 8.73. The predicted molar refractivity (Wildman–Crippen MR) is 112 cm³/mol. The molecule has 2 aromatic carbocycles. The van der Waals surface area contributed by atoms with Crippen LogP contribution in [0.3, 0.4) is 0 Å². The molecule has 0 saturated carbocycles. The number of carbonyl (C=O) groups is 1. The lowest BCUT2D eigenvalue weighted by Gasteiger charge is -2.35. The maximum Gasteiger partial charge on any atom is 0.231 e. The van der Waals surface area contributed by atoms with Crippen molar-refractivity contribution in [3.8, 4) is 23.0 Å². The molecule has 0 aromatic heterocycles. The summed E-state index contributed by atoms with van der Waals surface area (Å²) in [5, 5.41) is 10.5. The Labute approximate surface area is 175 Å². The van der Waals surface area contributed by atoms with Crippen molar-refractivity contribution in [1.82, 2.24) is 4.90 Å². The van der Waals surface area contributed by atoms with Gasteiger partial charge < -0.3 is 19.3 Å². The van der Waals surface area contributed by atoms with E-state index in [1.807, 2.05) is 18.2 Å². The first-order chi connectivity index (χ1) is 14.5. The fraction of sp³-hybridized carbons (Fsp3) is 0.375. The number of likely N-dealkylation sites (tertiary alicyclic amines) is 1. The van der Waals surface area contributed by atoms with Crippen molar-refractivity contribution in [2.45, 2.75) is 26.8 Å². The number of phenols is 1. The van der Waals surface area contributed by atoms with Crippen LogP contribution in [-0.2, 0) is 6.54 Å². The highest BCUT2D eigenvalue weighted by Crippen LogP contribution is 2.41. The molecule has 6 heteroatoms. The predicted octanol–water partition coefficient (Wildman–Crippen LogP) is 4.22. The molecule has 1 fully saturated rings. The summed E-state index contributed by atoms with van der Waals surface area (Å²) in [7, 11) is 0. The molecule has 0 amide bonds. The number of nitrogens with zero attached hydrogens (tertiary/aromatic N) is 1. The first-order valence-corrected chi connectivity index (χ1v) is 10.4. The minimum atomic E-state index is -0.177. The minimum absolute atomic E-state index is 0.164. The molecule has 1 saturated heterocycles. The standard InChI is InChI=1S/C24H25NO5/c1-14-7-15(2)11-25(10-14)12-18-19(26)5-4-17-23(27)22(30-24(17)18)9-16-3-6-20-21(8-16)29-13-28-20/h3-6,8-9,14-15,26H,7,10-13H2,1-2H3/b22-9-/t14-,15+. The number of benzene rings is 2. The van der Waals surface area contributed by atoms with Gasteiger partial charge in [0.15, 0.2) is 17.3 Å². The molecule has 2 aromatic rings. The van der Waals surface area contributed by atoms with Crippen LogP contribution in [0.25, 0.3) is 6.08 Å². The van der Waals surface area contributed by atoms with Gasteiger partial charge in [0.2, 0.25) is 12.6 Å². The minimum Gasteiger partial charge on any atom is -0.507 e. The third kappa shape index (κ3) is 3.41. The Hall–Kier alpha value is -2.99. The van der Waals surface area contributed by atoms with Gasteiger partial charge in [-0.3, -0.25) is 9.69 Å². The zero-order valence-corrected chi connectivity index (χ0v) is 17.2. The second kappa shape index (κ2) is 7.36. The van der Waals surface area contributed by atoms with Gasteiger partial charge in [0, 0.05) is 19.6 Å². The summed E-state index contributed by atoms with van der Waals surface area (Å²) >= 11 is 0. The van der Waals surface area contributed by atoms with Gasteiger partial charge in [-0.15, -0.1) is 0 Å². The van der Waals surface area contributed by atoms with Crippen LogP contribution >= 0.6 is 0 Å². The summed E-state index contributed by atoms with van der Waals surface area (Å²) < 4.78 is 16.8. The number of hydrogen-bond donors (Lipinski definition) is 1. The molecule has 0 spiro atoms. The van der Waals surface area contributed by atoms with E-state index in [9.17, 15) is 9.90 Å². The van der Waals surface area contributed by atoms with Crippen LogP contribution in [0.15, 0.2) is 36.1 Å². The summed E-state index contributed by atoms with van der Waals surface area (Å²) in [5.74, 6) is 3.26. The largest absolute Gasteiger partial charge is 0.507 e. The van der Waals surface area contributed by atoms with Crippen LogP contribution < -0.4 is 14.2 Å². The molecular weight excluding hydrogens is 382 g/mol. The van der Waals surface area contributed by atoms with Gasteiger partial charge in [0.05, 0.1) is 11.1 Å². The lowest BCUT2D eigenvalue weighted by Crippen LogP contribution is -2.38. The molecule has 0 radical (unpaired) electrons. The Morgan fingerprint density at radius 2 is 1.87 bits per heavy atom. The van der Waals surface area contributed by atoms with Crippen LogP contribution in [0.1, 0.15) is 41.8 Å². The SMILES string of the molecule is C[C@@H]1C[C@H](C)CN(Cc2c(O)ccc3c2O/C(=C\c2ccc4c(c2)OCO4)C3=O)C1. The van der Waals surface area contributed by atoms with Crippen LogP contribution in [0.5, 0.6) is 23.0 Å². The molecule has 3 aliphatic rings. The number of rotatable bonds is 3. The molecule has 156 valence electrons. The van der Waals surface area contributed by atoms with E-state index in [4.69, 9.17) is 14.2 Å². The average molecular weight is 407 g/mol. The van der Waals surface area contributed by atoms with Gasteiger partial charge in [-0.25, -0.2) is 0 Å². The number of phenolic OH excluding ortho intramolecular Hbond substituents is 1. The van der Waals surface area contributed by atoms with Gasteiger partial charge in [-0.1, -0.05) is 19.9 Å². The maximum atomic E-state index is 13.0. The van der Waals surface area contributed by atoms with Crippen molar-refractivity contribution in [1.29, 1.82) is 0 Å². The number of piperidine rings is 1. The number of fused-ring (bicyclic) bond motifs is 2. The van der Waals surface area contributed by atoms with Crippen molar-refractivity contribution in [3.05, 3.63) is 52.8 Å². The number of ketones is 1. The zero-order chi connectivity index (χ0) is 20.8. The van der Waals surface area contributed by atoms with Gasteiger partial charge in [0.25, 0.3) is 0 Å². The number of allylic oxidation sites excluding steroid dienone is 1. The van der Waals surface area contributed by atoms with Gasteiger partial charge in [0.1, 0.15) is 11.5 Å². The first-order valence-electron chi connectivity index (χ1n) is 10.4.